The van der Waals surface area contributed by atoms with Gasteiger partial charge in [-0.1, -0.05) is 36.0 Å². The second-order valence-corrected chi connectivity index (χ2v) is 9.49. The Hall–Kier alpha value is -3.89. The highest BCUT2D eigenvalue weighted by Crippen LogP contribution is 2.30. The lowest BCUT2D eigenvalue weighted by Gasteiger charge is -2.11. The van der Waals surface area contributed by atoms with Gasteiger partial charge in [0.05, 0.1) is 34.9 Å². The number of methoxy groups -OCH3 is 1. The number of para-hydroxylation sites is 1. The molecule has 8 nitrogen and oxygen atoms in total. The Kier molecular flexibility index (Phi) is 7.96. The van der Waals surface area contributed by atoms with Crippen molar-refractivity contribution >= 4 is 51.4 Å². The van der Waals surface area contributed by atoms with Crippen LogP contribution in [0.25, 0.3) is 10.2 Å². The molecule has 0 saturated carbocycles. The lowest BCUT2D eigenvalue weighted by atomic mass is 10.1. The third kappa shape index (κ3) is 6.58. The van der Waals surface area contributed by atoms with E-state index in [0.717, 1.165) is 20.1 Å². The molecule has 0 saturated heterocycles. The molecule has 3 aromatic carbocycles. The Morgan fingerprint density at radius 3 is 2.77 bits per heavy atom. The van der Waals surface area contributed by atoms with Gasteiger partial charge in [-0.15, -0.1) is 11.3 Å². The summed E-state index contributed by atoms with van der Waals surface area (Å²) in [6, 6.07) is 19.6. The number of carbonyl (C=O) groups excluding carboxylic acids is 1. The molecule has 4 aromatic rings. The standard InChI is InChI=1S/C25H21N3O5S2/c1-32-21-12-16(9-10-20(21)33-14-17-5-4-6-18(11-17)24(30)31)13-26-28-23(29)15-34-25-27-19-7-2-3-8-22(19)35-25/h2-13H,14-15H2,1H3,(H,28,29)(H,30,31)/b26-13+. The maximum absolute atomic E-state index is 12.1. The van der Waals surface area contributed by atoms with Crippen LogP contribution in [0.15, 0.2) is 76.2 Å². The topological polar surface area (TPSA) is 110 Å². The number of ether oxygens (including phenoxy) is 2. The van der Waals surface area contributed by atoms with Crippen LogP contribution in [0.1, 0.15) is 21.5 Å². The van der Waals surface area contributed by atoms with E-state index in [1.165, 1.54) is 31.2 Å². The molecule has 0 radical (unpaired) electrons. The Balaban J connectivity index is 1.30. The molecule has 0 unspecified atom stereocenters. The minimum absolute atomic E-state index is 0.188. The van der Waals surface area contributed by atoms with Crippen LogP contribution >= 0.6 is 23.1 Å². The van der Waals surface area contributed by atoms with Crippen LogP contribution in [0.2, 0.25) is 0 Å². The maximum atomic E-state index is 12.1. The van der Waals surface area contributed by atoms with Gasteiger partial charge in [0, 0.05) is 0 Å². The molecule has 0 aliphatic rings. The van der Waals surface area contributed by atoms with Crippen LogP contribution in [0.3, 0.4) is 0 Å². The normalized spacial score (nSPS) is 11.0. The van der Waals surface area contributed by atoms with E-state index in [-0.39, 0.29) is 23.8 Å². The largest absolute Gasteiger partial charge is 0.493 e. The molecule has 0 aliphatic carbocycles. The lowest BCUT2D eigenvalue weighted by Crippen LogP contribution is -2.19. The number of hydrogen-bond acceptors (Lipinski definition) is 8. The van der Waals surface area contributed by atoms with Gasteiger partial charge in [0.15, 0.2) is 15.8 Å². The summed E-state index contributed by atoms with van der Waals surface area (Å²) in [7, 11) is 1.52. The van der Waals surface area contributed by atoms with E-state index in [2.05, 4.69) is 15.5 Å². The second-order valence-electron chi connectivity index (χ2n) is 7.23. The van der Waals surface area contributed by atoms with E-state index in [0.29, 0.717) is 17.1 Å². The number of thioether (sulfide) groups is 1. The van der Waals surface area contributed by atoms with E-state index in [9.17, 15) is 9.59 Å². The molecule has 35 heavy (non-hydrogen) atoms. The van der Waals surface area contributed by atoms with Crippen molar-refractivity contribution in [1.29, 1.82) is 0 Å². The van der Waals surface area contributed by atoms with Crippen molar-refractivity contribution in [2.45, 2.75) is 10.9 Å². The lowest BCUT2D eigenvalue weighted by molar-refractivity contribution is -0.118. The van der Waals surface area contributed by atoms with E-state index in [1.54, 1.807) is 47.7 Å². The van der Waals surface area contributed by atoms with E-state index >= 15 is 0 Å². The molecule has 1 aromatic heterocycles. The minimum atomic E-state index is -0.990. The molecule has 4 rings (SSSR count). The number of nitrogens with one attached hydrogen (secondary N) is 1. The highest BCUT2D eigenvalue weighted by Gasteiger charge is 2.09. The first-order valence-electron chi connectivity index (χ1n) is 10.4. The van der Waals surface area contributed by atoms with E-state index in [1.807, 2.05) is 24.3 Å². The number of benzene rings is 3. The number of aromatic carboxylic acids is 1. The molecule has 10 heteroatoms. The van der Waals surface area contributed by atoms with Crippen LogP contribution in [0.5, 0.6) is 11.5 Å². The van der Waals surface area contributed by atoms with Crippen molar-refractivity contribution in [3.05, 3.63) is 83.4 Å². The van der Waals surface area contributed by atoms with Crippen molar-refractivity contribution in [3.8, 4) is 11.5 Å². The van der Waals surface area contributed by atoms with Crippen molar-refractivity contribution in [2.75, 3.05) is 12.9 Å². The summed E-state index contributed by atoms with van der Waals surface area (Å²) in [5.41, 5.74) is 5.07. The molecule has 0 aliphatic heterocycles. The summed E-state index contributed by atoms with van der Waals surface area (Å²) in [6.07, 6.45) is 1.52. The first-order valence-corrected chi connectivity index (χ1v) is 12.3. The first kappa shape index (κ1) is 24.2. The monoisotopic (exact) mass is 507 g/mol. The van der Waals surface area contributed by atoms with Gasteiger partial charge in [-0.05, 0) is 53.6 Å². The highest BCUT2D eigenvalue weighted by molar-refractivity contribution is 8.01. The van der Waals surface area contributed by atoms with Crippen molar-refractivity contribution in [1.82, 2.24) is 10.4 Å². The fraction of sp³-hybridized carbons (Fsp3) is 0.120. The minimum Gasteiger partial charge on any atom is -0.493 e. The van der Waals surface area contributed by atoms with Gasteiger partial charge >= 0.3 is 5.97 Å². The molecule has 1 amide bonds. The summed E-state index contributed by atoms with van der Waals surface area (Å²) >= 11 is 2.92. The van der Waals surface area contributed by atoms with Crippen LogP contribution < -0.4 is 14.9 Å². The predicted molar refractivity (Wildman–Crippen MR) is 137 cm³/mol. The van der Waals surface area contributed by atoms with Crippen molar-refractivity contribution < 1.29 is 24.2 Å². The average molecular weight is 508 g/mol. The van der Waals surface area contributed by atoms with Gasteiger partial charge in [-0.3, -0.25) is 4.79 Å². The number of hydrogen-bond donors (Lipinski definition) is 2. The van der Waals surface area contributed by atoms with Gasteiger partial charge < -0.3 is 14.6 Å². The molecule has 178 valence electrons. The number of carboxylic acid groups (broad SMARTS) is 1. The molecule has 0 fully saturated rings. The number of thiazole rings is 1. The fourth-order valence-electron chi connectivity index (χ4n) is 3.09. The zero-order valence-electron chi connectivity index (χ0n) is 18.6. The third-order valence-electron chi connectivity index (χ3n) is 4.76. The number of rotatable bonds is 10. The number of aromatic nitrogens is 1. The molecular weight excluding hydrogens is 486 g/mol. The molecule has 2 N–H and O–H groups in total. The average Bonchev–Trinajstić information content (AvgIpc) is 3.30. The summed E-state index contributed by atoms with van der Waals surface area (Å²) in [4.78, 5) is 27.8. The van der Waals surface area contributed by atoms with E-state index < -0.39 is 5.97 Å². The maximum Gasteiger partial charge on any atom is 0.335 e. The second kappa shape index (κ2) is 11.5. The zero-order chi connectivity index (χ0) is 24.6. The van der Waals surface area contributed by atoms with Gasteiger partial charge in [-0.2, -0.15) is 5.10 Å². The summed E-state index contributed by atoms with van der Waals surface area (Å²) in [5.74, 6) is -0.0321. The molecule has 0 bridgehead atoms. The summed E-state index contributed by atoms with van der Waals surface area (Å²) in [6.45, 7) is 0.188. The quantitative estimate of drug-likeness (QED) is 0.180. The Morgan fingerprint density at radius 2 is 1.97 bits per heavy atom. The fourth-order valence-corrected chi connectivity index (χ4v) is 4.95. The number of carbonyl (C=O) groups is 2. The Bertz CT molecular complexity index is 1350. The SMILES string of the molecule is COc1cc(/C=N/NC(=O)CSc2nc3ccccc3s2)ccc1OCc1cccc(C(=O)O)c1. The molecular formula is C25H21N3O5S2. The van der Waals surface area contributed by atoms with Crippen LogP contribution in [0, 0.1) is 0 Å². The molecule has 0 spiro atoms. The predicted octanol–water partition coefficient (Wildman–Crippen LogP) is 4.82. The van der Waals surface area contributed by atoms with Gasteiger partial charge in [0.1, 0.15) is 6.61 Å². The van der Waals surface area contributed by atoms with Crippen LogP contribution in [-0.4, -0.2) is 41.0 Å². The van der Waals surface area contributed by atoms with Gasteiger partial charge in [0.25, 0.3) is 5.91 Å². The number of hydrazone groups is 1. The highest BCUT2D eigenvalue weighted by atomic mass is 32.2. The first-order chi connectivity index (χ1) is 17.0. The molecule has 0 atom stereocenters. The Morgan fingerprint density at radius 1 is 1.11 bits per heavy atom. The van der Waals surface area contributed by atoms with Gasteiger partial charge in [0.2, 0.25) is 0 Å². The third-order valence-corrected chi connectivity index (χ3v) is 6.94. The number of fused-ring (bicyclic) bond motifs is 1. The number of nitrogens with zero attached hydrogens (tertiary/aromatic N) is 2. The zero-order valence-corrected chi connectivity index (χ0v) is 20.3. The summed E-state index contributed by atoms with van der Waals surface area (Å²) < 4.78 is 13.1. The number of carboxylic acids is 1. The van der Waals surface area contributed by atoms with Crippen molar-refractivity contribution in [2.24, 2.45) is 5.10 Å². The summed E-state index contributed by atoms with van der Waals surface area (Å²) in [5, 5.41) is 13.1. The molecule has 1 heterocycles. The van der Waals surface area contributed by atoms with Crippen LogP contribution in [0.4, 0.5) is 0 Å². The van der Waals surface area contributed by atoms with Crippen LogP contribution in [-0.2, 0) is 11.4 Å². The Labute approximate surface area is 209 Å². The number of amides is 1. The van der Waals surface area contributed by atoms with E-state index in [4.69, 9.17) is 14.6 Å². The van der Waals surface area contributed by atoms with Crippen molar-refractivity contribution in [3.63, 3.8) is 0 Å². The van der Waals surface area contributed by atoms with Gasteiger partial charge in [-0.25, -0.2) is 15.2 Å². The smallest absolute Gasteiger partial charge is 0.335 e.